The number of nitrogens with zero attached hydrogens (tertiary/aromatic N) is 1. The number of aliphatic imine (C=N–C) groups is 1. The summed E-state index contributed by atoms with van der Waals surface area (Å²) in [5, 5.41) is 0. The Morgan fingerprint density at radius 3 is 2.73 bits per heavy atom. The zero-order valence-corrected chi connectivity index (χ0v) is 9.37. The van der Waals surface area contributed by atoms with Gasteiger partial charge in [-0.15, -0.1) is 0 Å². The summed E-state index contributed by atoms with van der Waals surface area (Å²) in [6.07, 6.45) is 4.89. The molecule has 0 aromatic heterocycles. The first-order valence-corrected chi connectivity index (χ1v) is 5.46. The number of hydrogen-bond acceptors (Lipinski definition) is 4. The van der Waals surface area contributed by atoms with Gasteiger partial charge in [0.15, 0.2) is 0 Å². The minimum Gasteiger partial charge on any atom is -0.382 e. The highest BCUT2D eigenvalue weighted by atomic mass is 16.5. The zero-order chi connectivity index (χ0) is 10.9. The van der Waals surface area contributed by atoms with Gasteiger partial charge in [-0.2, -0.15) is 0 Å². The summed E-state index contributed by atoms with van der Waals surface area (Å²) in [5.41, 5.74) is 2.59. The third-order valence-electron chi connectivity index (χ3n) is 2.50. The van der Waals surface area contributed by atoms with Crippen LogP contribution in [0.15, 0.2) is 4.99 Å². The van der Waals surface area contributed by atoms with Gasteiger partial charge in [-0.05, 0) is 12.8 Å². The molecular formula is C10H21N3O2. The van der Waals surface area contributed by atoms with E-state index in [1.165, 1.54) is 25.7 Å². The minimum atomic E-state index is 0.432. The van der Waals surface area contributed by atoms with Gasteiger partial charge in [0.1, 0.15) is 12.4 Å². The van der Waals surface area contributed by atoms with Crippen LogP contribution in [0.5, 0.6) is 0 Å². The Bertz CT molecular complexity index is 191. The SMILES string of the molecule is COCCOCC(=NC1CCCC1)NN. The van der Waals surface area contributed by atoms with Gasteiger partial charge in [-0.3, -0.25) is 4.99 Å². The first kappa shape index (κ1) is 12.4. The molecule has 0 radical (unpaired) electrons. The van der Waals surface area contributed by atoms with Crippen molar-refractivity contribution in [3.63, 3.8) is 0 Å². The molecule has 1 aliphatic carbocycles. The highest BCUT2D eigenvalue weighted by Crippen LogP contribution is 2.20. The Morgan fingerprint density at radius 1 is 1.40 bits per heavy atom. The van der Waals surface area contributed by atoms with Crippen molar-refractivity contribution in [2.24, 2.45) is 10.8 Å². The molecule has 0 atom stereocenters. The molecule has 1 saturated carbocycles. The van der Waals surface area contributed by atoms with E-state index in [0.717, 1.165) is 5.84 Å². The molecule has 1 aliphatic rings. The lowest BCUT2D eigenvalue weighted by Gasteiger charge is -2.09. The van der Waals surface area contributed by atoms with E-state index in [9.17, 15) is 0 Å². The fraction of sp³-hybridized carbons (Fsp3) is 0.900. The first-order chi connectivity index (χ1) is 7.36. The lowest BCUT2D eigenvalue weighted by Crippen LogP contribution is -2.35. The molecule has 0 heterocycles. The summed E-state index contributed by atoms with van der Waals surface area (Å²) < 4.78 is 10.2. The van der Waals surface area contributed by atoms with E-state index < -0.39 is 0 Å². The van der Waals surface area contributed by atoms with E-state index in [1.54, 1.807) is 7.11 Å². The van der Waals surface area contributed by atoms with Crippen LogP contribution in [0.1, 0.15) is 25.7 Å². The Kier molecular flexibility index (Phi) is 6.31. The van der Waals surface area contributed by atoms with E-state index in [0.29, 0.717) is 25.9 Å². The molecule has 5 heteroatoms. The lowest BCUT2D eigenvalue weighted by molar-refractivity contribution is 0.0890. The number of methoxy groups -OCH3 is 1. The standard InChI is InChI=1S/C10H21N3O2/c1-14-6-7-15-8-10(13-11)12-9-4-2-3-5-9/h9H,2-8,11H2,1H3,(H,12,13). The van der Waals surface area contributed by atoms with Gasteiger partial charge in [0.05, 0.1) is 19.3 Å². The lowest BCUT2D eigenvalue weighted by atomic mass is 10.3. The van der Waals surface area contributed by atoms with Crippen molar-refractivity contribution in [1.29, 1.82) is 0 Å². The molecule has 0 saturated heterocycles. The van der Waals surface area contributed by atoms with Gasteiger partial charge >= 0.3 is 0 Å². The fourth-order valence-electron chi connectivity index (χ4n) is 1.68. The molecule has 0 unspecified atom stereocenters. The normalized spacial score (nSPS) is 18.4. The van der Waals surface area contributed by atoms with Gasteiger partial charge < -0.3 is 14.9 Å². The van der Waals surface area contributed by atoms with Crippen LogP contribution < -0.4 is 11.3 Å². The maximum Gasteiger partial charge on any atom is 0.137 e. The summed E-state index contributed by atoms with van der Waals surface area (Å²) >= 11 is 0. The molecule has 1 rings (SSSR count). The molecule has 0 spiro atoms. The second-order valence-electron chi connectivity index (χ2n) is 3.70. The third kappa shape index (κ3) is 5.11. The number of ether oxygens (including phenoxy) is 2. The van der Waals surface area contributed by atoms with E-state index >= 15 is 0 Å². The van der Waals surface area contributed by atoms with Crippen molar-refractivity contribution in [2.45, 2.75) is 31.7 Å². The molecule has 88 valence electrons. The van der Waals surface area contributed by atoms with Gasteiger partial charge in [-0.1, -0.05) is 12.8 Å². The number of hydrazine groups is 1. The molecule has 0 aromatic rings. The van der Waals surface area contributed by atoms with E-state index in [-0.39, 0.29) is 0 Å². The van der Waals surface area contributed by atoms with Crippen molar-refractivity contribution in [2.75, 3.05) is 26.9 Å². The van der Waals surface area contributed by atoms with Crippen LogP contribution in [0.3, 0.4) is 0 Å². The fourth-order valence-corrected chi connectivity index (χ4v) is 1.68. The van der Waals surface area contributed by atoms with Crippen LogP contribution >= 0.6 is 0 Å². The second-order valence-corrected chi connectivity index (χ2v) is 3.70. The average Bonchev–Trinajstić information content (AvgIpc) is 2.75. The van der Waals surface area contributed by atoms with Crippen molar-refractivity contribution in [1.82, 2.24) is 5.43 Å². The molecule has 5 nitrogen and oxygen atoms in total. The van der Waals surface area contributed by atoms with Crippen LogP contribution in [-0.4, -0.2) is 38.8 Å². The largest absolute Gasteiger partial charge is 0.382 e. The minimum absolute atomic E-state index is 0.432. The van der Waals surface area contributed by atoms with Crippen LogP contribution in [-0.2, 0) is 9.47 Å². The number of nitrogens with one attached hydrogen (secondary N) is 1. The number of amidine groups is 1. The molecule has 0 aromatic carbocycles. The van der Waals surface area contributed by atoms with Crippen LogP contribution in [0.4, 0.5) is 0 Å². The predicted octanol–water partition coefficient (Wildman–Crippen LogP) is 0.454. The maximum absolute atomic E-state index is 5.37. The molecule has 1 fully saturated rings. The van der Waals surface area contributed by atoms with Crippen molar-refractivity contribution < 1.29 is 9.47 Å². The molecular weight excluding hydrogens is 194 g/mol. The average molecular weight is 215 g/mol. The van der Waals surface area contributed by atoms with Gasteiger partial charge in [0, 0.05) is 7.11 Å². The number of rotatable bonds is 6. The summed E-state index contributed by atoms with van der Waals surface area (Å²) in [5.74, 6) is 6.11. The maximum atomic E-state index is 5.37. The Labute approximate surface area is 91.0 Å². The van der Waals surface area contributed by atoms with Gasteiger partial charge in [-0.25, -0.2) is 5.84 Å². The third-order valence-corrected chi connectivity index (χ3v) is 2.50. The Morgan fingerprint density at radius 2 is 2.13 bits per heavy atom. The summed E-state index contributed by atoms with van der Waals surface area (Å²) in [6.45, 7) is 1.61. The molecule has 0 amide bonds. The second kappa shape index (κ2) is 7.62. The zero-order valence-electron chi connectivity index (χ0n) is 9.37. The van der Waals surface area contributed by atoms with Crippen LogP contribution in [0, 0.1) is 0 Å². The van der Waals surface area contributed by atoms with Gasteiger partial charge in [0.2, 0.25) is 0 Å². The molecule has 3 N–H and O–H groups in total. The number of nitrogens with two attached hydrogens (primary N) is 1. The summed E-state index contributed by atoms with van der Waals surface area (Å²) in [6, 6.07) is 0.432. The summed E-state index contributed by atoms with van der Waals surface area (Å²) in [4.78, 5) is 4.51. The van der Waals surface area contributed by atoms with Crippen molar-refractivity contribution in [3.8, 4) is 0 Å². The topological polar surface area (TPSA) is 68.9 Å². The number of hydrogen-bond donors (Lipinski definition) is 2. The molecule has 15 heavy (non-hydrogen) atoms. The highest BCUT2D eigenvalue weighted by molar-refractivity contribution is 5.83. The van der Waals surface area contributed by atoms with E-state index in [2.05, 4.69) is 10.4 Å². The van der Waals surface area contributed by atoms with Crippen molar-refractivity contribution in [3.05, 3.63) is 0 Å². The highest BCUT2D eigenvalue weighted by Gasteiger charge is 2.14. The predicted molar refractivity (Wildman–Crippen MR) is 59.7 cm³/mol. The summed E-state index contributed by atoms with van der Waals surface area (Å²) in [7, 11) is 1.65. The van der Waals surface area contributed by atoms with E-state index in [1.807, 2.05) is 0 Å². The molecule has 0 bridgehead atoms. The molecule has 0 aliphatic heterocycles. The van der Waals surface area contributed by atoms with Crippen LogP contribution in [0.25, 0.3) is 0 Å². The quantitative estimate of drug-likeness (QED) is 0.222. The van der Waals surface area contributed by atoms with E-state index in [4.69, 9.17) is 15.3 Å². The van der Waals surface area contributed by atoms with Crippen LogP contribution in [0.2, 0.25) is 0 Å². The van der Waals surface area contributed by atoms with Gasteiger partial charge in [0.25, 0.3) is 0 Å². The first-order valence-electron chi connectivity index (χ1n) is 5.46. The Balaban J connectivity index is 2.21. The van der Waals surface area contributed by atoms with Crippen molar-refractivity contribution >= 4 is 5.84 Å². The monoisotopic (exact) mass is 215 g/mol. The Hall–Kier alpha value is -0.650. The smallest absolute Gasteiger partial charge is 0.137 e.